The highest BCUT2D eigenvalue weighted by Gasteiger charge is 2.34. The maximum Gasteiger partial charge on any atom is 0.355 e. The van der Waals surface area contributed by atoms with Gasteiger partial charge in [-0.05, 0) is 55.7 Å². The zero-order chi connectivity index (χ0) is 21.3. The van der Waals surface area contributed by atoms with E-state index >= 15 is 0 Å². The quantitative estimate of drug-likeness (QED) is 0.479. The van der Waals surface area contributed by atoms with Crippen molar-refractivity contribution in [2.75, 3.05) is 20.3 Å². The third kappa shape index (κ3) is 3.32. The standard InChI is InChI=1S/C23H22N2O5/c1-3-30-23(28)20-15(18-13-14(29-2)10-11-19(18)24-20)9-6-12-25-21(26)16-7-4-5-8-17(16)22(25)27/h4-5,7-8,10-11,13,24H,3,6,9,12H2,1-2H3. The fourth-order valence-corrected chi connectivity index (χ4v) is 3.85. The largest absolute Gasteiger partial charge is 0.497 e. The Morgan fingerprint density at radius 1 is 1.07 bits per heavy atom. The highest BCUT2D eigenvalue weighted by atomic mass is 16.5. The number of aromatic nitrogens is 1. The SMILES string of the molecule is CCOC(=O)c1[nH]c2ccc(OC)cc2c1CCCN1C(=O)c2ccccc2C1=O. The van der Waals surface area contributed by atoms with Crippen LogP contribution in [-0.4, -0.2) is 47.9 Å². The summed E-state index contributed by atoms with van der Waals surface area (Å²) in [6.07, 6.45) is 1.01. The number of aryl methyl sites for hydroxylation is 1. The van der Waals surface area contributed by atoms with Gasteiger partial charge in [-0.25, -0.2) is 4.79 Å². The number of H-pyrrole nitrogens is 1. The molecule has 0 bridgehead atoms. The molecule has 4 rings (SSSR count). The van der Waals surface area contributed by atoms with Crippen LogP contribution in [0.25, 0.3) is 10.9 Å². The number of aromatic amines is 1. The second-order valence-corrected chi connectivity index (χ2v) is 7.02. The molecule has 0 atom stereocenters. The number of carbonyl (C=O) groups is 3. The van der Waals surface area contributed by atoms with Crippen molar-refractivity contribution in [2.45, 2.75) is 19.8 Å². The Labute approximate surface area is 173 Å². The first-order valence-electron chi connectivity index (χ1n) is 9.86. The first-order chi connectivity index (χ1) is 14.5. The summed E-state index contributed by atoms with van der Waals surface area (Å²) < 4.78 is 10.5. The molecule has 0 aliphatic carbocycles. The van der Waals surface area contributed by atoms with E-state index in [-0.39, 0.29) is 25.0 Å². The number of ether oxygens (including phenoxy) is 2. The molecule has 1 N–H and O–H groups in total. The molecule has 30 heavy (non-hydrogen) atoms. The molecule has 7 nitrogen and oxygen atoms in total. The minimum atomic E-state index is -0.427. The van der Waals surface area contributed by atoms with Gasteiger partial charge >= 0.3 is 5.97 Å². The Hall–Kier alpha value is -3.61. The van der Waals surface area contributed by atoms with Gasteiger partial charge in [0.2, 0.25) is 0 Å². The van der Waals surface area contributed by atoms with E-state index in [0.717, 1.165) is 16.5 Å². The number of nitrogens with zero attached hydrogens (tertiary/aromatic N) is 1. The van der Waals surface area contributed by atoms with Gasteiger partial charge in [-0.2, -0.15) is 0 Å². The number of rotatable bonds is 7. The van der Waals surface area contributed by atoms with Crippen molar-refractivity contribution < 1.29 is 23.9 Å². The topological polar surface area (TPSA) is 88.7 Å². The van der Waals surface area contributed by atoms with Crippen molar-refractivity contribution in [1.29, 1.82) is 0 Å². The van der Waals surface area contributed by atoms with Gasteiger partial charge < -0.3 is 14.5 Å². The third-order valence-electron chi connectivity index (χ3n) is 5.28. The van der Waals surface area contributed by atoms with Crippen molar-refractivity contribution in [3.8, 4) is 5.75 Å². The number of esters is 1. The van der Waals surface area contributed by atoms with Gasteiger partial charge in [0, 0.05) is 17.4 Å². The highest BCUT2D eigenvalue weighted by molar-refractivity contribution is 6.21. The van der Waals surface area contributed by atoms with Crippen LogP contribution in [0.1, 0.15) is 50.1 Å². The average Bonchev–Trinajstić information content (AvgIpc) is 3.24. The number of hydrogen-bond donors (Lipinski definition) is 1. The van der Waals surface area contributed by atoms with E-state index in [2.05, 4.69) is 4.98 Å². The molecule has 0 saturated heterocycles. The first kappa shape index (κ1) is 19.7. The normalized spacial score (nSPS) is 13.1. The average molecular weight is 406 g/mol. The molecular weight excluding hydrogens is 384 g/mol. The lowest BCUT2D eigenvalue weighted by Crippen LogP contribution is -2.31. The molecule has 3 aromatic rings. The molecule has 7 heteroatoms. The summed E-state index contributed by atoms with van der Waals surface area (Å²) in [5, 5.41) is 0.861. The maximum atomic E-state index is 12.6. The number of methoxy groups -OCH3 is 1. The maximum absolute atomic E-state index is 12.6. The van der Waals surface area contributed by atoms with Gasteiger partial charge in [0.1, 0.15) is 11.4 Å². The number of amides is 2. The Morgan fingerprint density at radius 2 is 1.77 bits per heavy atom. The molecule has 154 valence electrons. The third-order valence-corrected chi connectivity index (χ3v) is 5.28. The predicted molar refractivity (Wildman–Crippen MR) is 111 cm³/mol. The molecular formula is C23H22N2O5. The second kappa shape index (κ2) is 8.02. The number of benzene rings is 2. The van der Waals surface area contributed by atoms with E-state index in [0.29, 0.717) is 35.4 Å². The molecule has 0 unspecified atom stereocenters. The molecule has 2 amide bonds. The van der Waals surface area contributed by atoms with Crippen LogP contribution in [0, 0.1) is 0 Å². The number of carbonyl (C=O) groups excluding carboxylic acids is 3. The monoisotopic (exact) mass is 406 g/mol. The molecule has 0 spiro atoms. The minimum absolute atomic E-state index is 0.269. The zero-order valence-electron chi connectivity index (χ0n) is 16.9. The summed E-state index contributed by atoms with van der Waals surface area (Å²) in [6.45, 7) is 2.29. The van der Waals surface area contributed by atoms with Crippen LogP contribution >= 0.6 is 0 Å². The van der Waals surface area contributed by atoms with Crippen LogP contribution in [-0.2, 0) is 11.2 Å². The molecule has 0 saturated carbocycles. The van der Waals surface area contributed by atoms with Crippen LogP contribution in [0.2, 0.25) is 0 Å². The van der Waals surface area contributed by atoms with Crippen LogP contribution in [0.15, 0.2) is 42.5 Å². The summed E-state index contributed by atoms with van der Waals surface area (Å²) in [4.78, 5) is 42.0. The molecule has 0 fully saturated rings. The highest BCUT2D eigenvalue weighted by Crippen LogP contribution is 2.29. The van der Waals surface area contributed by atoms with Crippen molar-refractivity contribution in [3.05, 3.63) is 64.8 Å². The summed E-state index contributed by atoms with van der Waals surface area (Å²) in [7, 11) is 1.59. The molecule has 1 aliphatic rings. The fourth-order valence-electron chi connectivity index (χ4n) is 3.85. The minimum Gasteiger partial charge on any atom is -0.497 e. The number of fused-ring (bicyclic) bond motifs is 2. The van der Waals surface area contributed by atoms with Crippen LogP contribution in [0.3, 0.4) is 0 Å². The summed E-state index contributed by atoms with van der Waals surface area (Å²) in [6, 6.07) is 12.4. The van der Waals surface area contributed by atoms with Gasteiger partial charge in [-0.3, -0.25) is 14.5 Å². The summed E-state index contributed by atoms with van der Waals surface area (Å²) >= 11 is 0. The van der Waals surface area contributed by atoms with Crippen molar-refractivity contribution in [3.63, 3.8) is 0 Å². The summed E-state index contributed by atoms with van der Waals surface area (Å²) in [5.74, 6) is -0.300. The van der Waals surface area contributed by atoms with Crippen LogP contribution in [0.5, 0.6) is 5.75 Å². The lowest BCUT2D eigenvalue weighted by molar-refractivity contribution is 0.0517. The van der Waals surface area contributed by atoms with Gasteiger partial charge in [0.05, 0.1) is 24.8 Å². The first-order valence-corrected chi connectivity index (χ1v) is 9.86. The molecule has 0 radical (unpaired) electrons. The van der Waals surface area contributed by atoms with E-state index < -0.39 is 5.97 Å². The van der Waals surface area contributed by atoms with E-state index in [1.807, 2.05) is 18.2 Å². The van der Waals surface area contributed by atoms with Crippen molar-refractivity contribution in [2.24, 2.45) is 0 Å². The van der Waals surface area contributed by atoms with Gasteiger partial charge in [-0.1, -0.05) is 12.1 Å². The Balaban J connectivity index is 1.57. The number of hydrogen-bond acceptors (Lipinski definition) is 5. The van der Waals surface area contributed by atoms with Gasteiger partial charge in [-0.15, -0.1) is 0 Å². The lowest BCUT2D eigenvalue weighted by atomic mass is 10.0. The molecule has 2 heterocycles. The van der Waals surface area contributed by atoms with E-state index in [4.69, 9.17) is 9.47 Å². The molecule has 1 aliphatic heterocycles. The van der Waals surface area contributed by atoms with Crippen LogP contribution in [0.4, 0.5) is 0 Å². The predicted octanol–water partition coefficient (Wildman–Crippen LogP) is 3.58. The van der Waals surface area contributed by atoms with Gasteiger partial charge in [0.15, 0.2) is 0 Å². The van der Waals surface area contributed by atoms with E-state index in [1.165, 1.54) is 4.90 Å². The second-order valence-electron chi connectivity index (χ2n) is 7.02. The van der Waals surface area contributed by atoms with Gasteiger partial charge in [0.25, 0.3) is 11.8 Å². The molecule has 1 aromatic heterocycles. The Morgan fingerprint density at radius 3 is 2.40 bits per heavy atom. The zero-order valence-corrected chi connectivity index (χ0v) is 16.9. The van der Waals surface area contributed by atoms with E-state index in [1.54, 1.807) is 38.3 Å². The van der Waals surface area contributed by atoms with E-state index in [9.17, 15) is 14.4 Å². The lowest BCUT2D eigenvalue weighted by Gasteiger charge is -2.14. The van der Waals surface area contributed by atoms with Crippen molar-refractivity contribution in [1.82, 2.24) is 9.88 Å². The Kier molecular flexibility index (Phi) is 5.27. The fraction of sp³-hybridized carbons (Fsp3) is 0.261. The van der Waals surface area contributed by atoms with Crippen LogP contribution < -0.4 is 4.74 Å². The number of imide groups is 1. The van der Waals surface area contributed by atoms with Crippen molar-refractivity contribution >= 4 is 28.7 Å². The molecule has 2 aromatic carbocycles. The Bertz CT molecular complexity index is 1110. The summed E-state index contributed by atoms with van der Waals surface area (Å²) in [5.41, 5.74) is 2.86. The smallest absolute Gasteiger partial charge is 0.355 e. The number of nitrogens with one attached hydrogen (secondary N) is 1.